The monoisotopic (exact) mass is 551 g/mol. The van der Waals surface area contributed by atoms with Crippen LogP contribution >= 0.6 is 15.9 Å². The van der Waals surface area contributed by atoms with Crippen molar-refractivity contribution in [2.24, 2.45) is 0 Å². The quantitative estimate of drug-likeness (QED) is 0.451. The Morgan fingerprint density at radius 1 is 0.875 bits per heavy atom. The molecule has 8 nitrogen and oxygen atoms in total. The third kappa shape index (κ3) is 6.11. The van der Waals surface area contributed by atoms with Gasteiger partial charge in [0.1, 0.15) is 10.7 Å². The van der Waals surface area contributed by atoms with E-state index in [0.717, 1.165) is 36.4 Å². The van der Waals surface area contributed by atoms with E-state index in [1.54, 1.807) is 12.1 Å². The summed E-state index contributed by atoms with van der Waals surface area (Å²) in [6.45, 7) is 0. The molecular weight excluding hydrogens is 539 g/mol. The molecule has 1 aromatic heterocycles. The van der Waals surface area contributed by atoms with Crippen LogP contribution in [0.5, 0.6) is 5.75 Å². The van der Waals surface area contributed by atoms with Crippen LogP contribution in [0.25, 0.3) is 0 Å². The molecule has 2 aromatic carbocycles. The van der Waals surface area contributed by atoms with Gasteiger partial charge in [0.15, 0.2) is 5.75 Å². The molecule has 14 heteroatoms. The van der Waals surface area contributed by atoms with E-state index in [4.69, 9.17) is 0 Å². The standard InChI is InChI=1S/C18H13BrF3N3O5S2/c19-12-4-9-16(15(11-12)30-18(20,21)22)32(28,29)24-13-5-7-14(8-6-13)31(26,27)25-17-3-1-2-10-23-17/h1-11,24H,(H,23,25). The van der Waals surface area contributed by atoms with Gasteiger partial charge in [0.2, 0.25) is 0 Å². The number of ether oxygens (including phenoxy) is 1. The molecule has 0 amide bonds. The minimum absolute atomic E-state index is 0.0809. The molecule has 0 unspecified atom stereocenters. The molecule has 0 aliphatic rings. The highest BCUT2D eigenvalue weighted by atomic mass is 79.9. The summed E-state index contributed by atoms with van der Waals surface area (Å²) in [5.74, 6) is -0.845. The second-order valence-electron chi connectivity index (χ2n) is 6.09. The zero-order chi connectivity index (χ0) is 23.6. The maximum absolute atomic E-state index is 12.7. The zero-order valence-electron chi connectivity index (χ0n) is 15.7. The van der Waals surface area contributed by atoms with Crippen molar-refractivity contribution in [2.75, 3.05) is 9.44 Å². The molecule has 0 saturated carbocycles. The average Bonchev–Trinajstić information content (AvgIpc) is 2.67. The number of hydrogen-bond acceptors (Lipinski definition) is 6. The Hall–Kier alpha value is -2.84. The highest BCUT2D eigenvalue weighted by molar-refractivity contribution is 9.10. The van der Waals surface area contributed by atoms with Crippen LogP contribution in [0.15, 0.2) is 81.1 Å². The predicted molar refractivity (Wildman–Crippen MR) is 113 cm³/mol. The van der Waals surface area contributed by atoms with E-state index in [1.165, 1.54) is 18.3 Å². The zero-order valence-corrected chi connectivity index (χ0v) is 18.9. The second kappa shape index (κ2) is 8.96. The van der Waals surface area contributed by atoms with Crippen LogP contribution in [0, 0.1) is 0 Å². The Labute approximate surface area is 189 Å². The summed E-state index contributed by atoms with van der Waals surface area (Å²) >= 11 is 2.96. The average molecular weight is 552 g/mol. The molecule has 3 rings (SSSR count). The Bertz CT molecular complexity index is 1320. The number of hydrogen-bond donors (Lipinski definition) is 2. The fourth-order valence-corrected chi connectivity index (χ4v) is 4.96. The van der Waals surface area contributed by atoms with Crippen molar-refractivity contribution in [3.63, 3.8) is 0 Å². The van der Waals surface area contributed by atoms with Gasteiger partial charge in [0.05, 0.1) is 4.90 Å². The van der Waals surface area contributed by atoms with Gasteiger partial charge in [-0.3, -0.25) is 9.44 Å². The number of aromatic nitrogens is 1. The topological polar surface area (TPSA) is 114 Å². The van der Waals surface area contributed by atoms with Gasteiger partial charge in [-0.1, -0.05) is 22.0 Å². The first-order valence-corrected chi connectivity index (χ1v) is 12.2. The maximum Gasteiger partial charge on any atom is 0.573 e. The van der Waals surface area contributed by atoms with Gasteiger partial charge in [-0.05, 0) is 54.6 Å². The Kier molecular flexibility index (Phi) is 6.67. The first-order valence-electron chi connectivity index (χ1n) is 8.48. The first kappa shape index (κ1) is 23.8. The lowest BCUT2D eigenvalue weighted by molar-refractivity contribution is -0.275. The highest BCUT2D eigenvalue weighted by Gasteiger charge is 2.34. The molecule has 0 spiro atoms. The fourth-order valence-electron chi connectivity index (χ4n) is 2.44. The molecular formula is C18H13BrF3N3O5S2. The van der Waals surface area contributed by atoms with E-state index in [2.05, 4.69) is 35.1 Å². The number of halogens is 4. The van der Waals surface area contributed by atoms with Crippen molar-refractivity contribution < 1.29 is 34.7 Å². The normalized spacial score (nSPS) is 12.2. The number of alkyl halides is 3. The van der Waals surface area contributed by atoms with E-state index < -0.39 is 37.1 Å². The molecule has 0 fully saturated rings. The number of nitrogens with one attached hydrogen (secondary N) is 2. The van der Waals surface area contributed by atoms with E-state index in [9.17, 15) is 30.0 Å². The van der Waals surface area contributed by atoms with Gasteiger partial charge in [0.25, 0.3) is 20.0 Å². The summed E-state index contributed by atoms with van der Waals surface area (Å²) in [5, 5.41) is 0. The van der Waals surface area contributed by atoms with E-state index in [1.807, 2.05) is 0 Å². The summed E-state index contributed by atoms with van der Waals surface area (Å²) in [6, 6.07) is 12.2. The first-order chi connectivity index (χ1) is 14.9. The van der Waals surface area contributed by atoms with E-state index in [0.29, 0.717) is 0 Å². The number of anilines is 2. The van der Waals surface area contributed by atoms with E-state index >= 15 is 0 Å². The molecule has 2 N–H and O–H groups in total. The minimum Gasteiger partial charge on any atom is -0.404 e. The predicted octanol–water partition coefficient (Wildman–Crippen LogP) is 4.34. The van der Waals surface area contributed by atoms with Crippen LogP contribution in [-0.2, 0) is 20.0 Å². The van der Waals surface area contributed by atoms with Crippen LogP contribution in [0.1, 0.15) is 0 Å². The molecule has 0 aliphatic carbocycles. The van der Waals surface area contributed by atoms with Crippen LogP contribution in [-0.4, -0.2) is 28.2 Å². The van der Waals surface area contributed by atoms with Crippen LogP contribution in [0.3, 0.4) is 0 Å². The van der Waals surface area contributed by atoms with Gasteiger partial charge in [-0.2, -0.15) is 0 Å². The molecule has 170 valence electrons. The summed E-state index contributed by atoms with van der Waals surface area (Å²) in [6.07, 6.45) is -3.71. The molecule has 1 heterocycles. The molecule has 0 bridgehead atoms. The number of rotatable bonds is 7. The second-order valence-corrected chi connectivity index (χ2v) is 10.3. The number of sulfonamides is 2. The molecule has 32 heavy (non-hydrogen) atoms. The molecule has 3 aromatic rings. The van der Waals surface area contributed by atoms with Crippen LogP contribution in [0.2, 0.25) is 0 Å². The van der Waals surface area contributed by atoms with Gasteiger partial charge < -0.3 is 4.74 Å². The fraction of sp³-hybridized carbons (Fsp3) is 0.0556. The van der Waals surface area contributed by atoms with Crippen molar-refractivity contribution in [3.8, 4) is 5.75 Å². The largest absolute Gasteiger partial charge is 0.573 e. The number of pyridine rings is 1. The number of benzene rings is 2. The lowest BCUT2D eigenvalue weighted by Gasteiger charge is -2.15. The van der Waals surface area contributed by atoms with Crippen molar-refractivity contribution >= 4 is 47.5 Å². The maximum atomic E-state index is 12.7. The third-order valence-corrected chi connectivity index (χ3v) is 7.03. The van der Waals surface area contributed by atoms with Crippen molar-refractivity contribution in [2.45, 2.75) is 16.2 Å². The van der Waals surface area contributed by atoms with E-state index in [-0.39, 0.29) is 20.9 Å². The Balaban J connectivity index is 1.84. The van der Waals surface area contributed by atoms with Crippen molar-refractivity contribution in [1.29, 1.82) is 0 Å². The summed E-state index contributed by atoms with van der Waals surface area (Å²) in [5.41, 5.74) is -0.0809. The smallest absolute Gasteiger partial charge is 0.404 e. The van der Waals surface area contributed by atoms with Crippen molar-refractivity contribution in [3.05, 3.63) is 71.3 Å². The van der Waals surface area contributed by atoms with Gasteiger partial charge in [-0.15, -0.1) is 13.2 Å². The molecule has 0 radical (unpaired) electrons. The lowest BCUT2D eigenvalue weighted by atomic mass is 10.3. The molecule has 0 aliphatic heterocycles. The highest BCUT2D eigenvalue weighted by Crippen LogP contribution is 2.33. The summed E-state index contributed by atoms with van der Waals surface area (Å²) < 4.78 is 96.4. The molecule has 0 atom stereocenters. The van der Waals surface area contributed by atoms with Gasteiger partial charge in [0, 0.05) is 16.4 Å². The SMILES string of the molecule is O=S(=O)(Nc1ccccn1)c1ccc(NS(=O)(=O)c2ccc(Br)cc2OC(F)(F)F)cc1. The third-order valence-electron chi connectivity index (χ3n) is 3.74. The molecule has 0 saturated heterocycles. The van der Waals surface area contributed by atoms with Gasteiger partial charge >= 0.3 is 6.36 Å². The summed E-state index contributed by atoms with van der Waals surface area (Å²) in [7, 11) is -8.50. The summed E-state index contributed by atoms with van der Waals surface area (Å²) in [4.78, 5) is 2.91. The Morgan fingerprint density at radius 2 is 1.56 bits per heavy atom. The van der Waals surface area contributed by atoms with Crippen LogP contribution < -0.4 is 14.2 Å². The number of nitrogens with zero attached hydrogens (tertiary/aromatic N) is 1. The lowest BCUT2D eigenvalue weighted by Crippen LogP contribution is -2.21. The van der Waals surface area contributed by atoms with Crippen molar-refractivity contribution in [1.82, 2.24) is 4.98 Å². The van der Waals surface area contributed by atoms with Crippen LogP contribution in [0.4, 0.5) is 24.7 Å². The minimum atomic E-state index is -5.11. The van der Waals surface area contributed by atoms with Gasteiger partial charge in [-0.25, -0.2) is 21.8 Å². The Morgan fingerprint density at radius 3 is 2.16 bits per heavy atom.